The molecule has 0 radical (unpaired) electrons. The van der Waals surface area contributed by atoms with Gasteiger partial charge in [-0.15, -0.1) is 10.2 Å². The van der Waals surface area contributed by atoms with Crippen LogP contribution < -0.4 is 9.64 Å². The number of hydrogen-bond acceptors (Lipinski definition) is 6. The molecule has 0 bridgehead atoms. The molecule has 0 amide bonds. The maximum absolute atomic E-state index is 13.5. The van der Waals surface area contributed by atoms with Crippen LogP contribution in [0.2, 0.25) is 0 Å². The van der Waals surface area contributed by atoms with Gasteiger partial charge < -0.3 is 9.64 Å². The summed E-state index contributed by atoms with van der Waals surface area (Å²) in [5.74, 6) is 1.50. The van der Waals surface area contributed by atoms with E-state index in [-0.39, 0.29) is 0 Å². The first-order valence-electron chi connectivity index (χ1n) is 11.4. The summed E-state index contributed by atoms with van der Waals surface area (Å²) in [7, 11) is -1.99. The van der Waals surface area contributed by atoms with Crippen molar-refractivity contribution in [3.05, 3.63) is 64.2 Å². The zero-order chi connectivity index (χ0) is 24.6. The summed E-state index contributed by atoms with van der Waals surface area (Å²) in [6.07, 6.45) is 0. The van der Waals surface area contributed by atoms with Crippen LogP contribution in [0.3, 0.4) is 0 Å². The number of aryl methyl sites for hydroxylation is 3. The van der Waals surface area contributed by atoms with Crippen LogP contribution >= 0.6 is 0 Å². The Morgan fingerprint density at radius 1 is 0.824 bits per heavy atom. The normalized spacial score (nSPS) is 14.9. The summed E-state index contributed by atoms with van der Waals surface area (Å²) in [4.78, 5) is 2.44. The zero-order valence-corrected chi connectivity index (χ0v) is 21.5. The van der Waals surface area contributed by atoms with Gasteiger partial charge in [-0.3, -0.25) is 0 Å². The van der Waals surface area contributed by atoms with E-state index in [1.165, 1.54) is 11.1 Å². The minimum Gasteiger partial charge on any atom is -0.496 e. The molecule has 8 heteroatoms. The molecule has 1 aliphatic heterocycles. The van der Waals surface area contributed by atoms with Crippen molar-refractivity contribution in [2.45, 2.75) is 39.5 Å². The molecule has 0 atom stereocenters. The number of anilines is 1. The van der Waals surface area contributed by atoms with Crippen LogP contribution in [-0.4, -0.2) is 56.2 Å². The van der Waals surface area contributed by atoms with Crippen molar-refractivity contribution in [1.82, 2.24) is 14.5 Å². The quantitative estimate of drug-likeness (QED) is 0.545. The van der Waals surface area contributed by atoms with Gasteiger partial charge in [-0.2, -0.15) is 4.31 Å². The maximum Gasteiger partial charge on any atom is 0.243 e. The Morgan fingerprint density at radius 3 is 2.12 bits per heavy atom. The summed E-state index contributed by atoms with van der Waals surface area (Å²) in [5.41, 5.74) is 6.71. The molecular weight excluding hydrogens is 448 g/mol. The molecule has 1 aromatic heterocycles. The highest BCUT2D eigenvalue weighted by Gasteiger charge is 2.31. The lowest BCUT2D eigenvalue weighted by Crippen LogP contribution is -2.49. The van der Waals surface area contributed by atoms with E-state index >= 15 is 0 Å². The molecule has 0 saturated carbocycles. The first-order chi connectivity index (χ1) is 16.1. The van der Waals surface area contributed by atoms with Gasteiger partial charge in [-0.05, 0) is 75.1 Å². The maximum atomic E-state index is 13.5. The van der Waals surface area contributed by atoms with E-state index in [1.54, 1.807) is 17.5 Å². The molecule has 0 unspecified atom stereocenters. The molecule has 4 rings (SSSR count). The summed E-state index contributed by atoms with van der Waals surface area (Å²) in [6, 6.07) is 12.0. The highest BCUT2D eigenvalue weighted by molar-refractivity contribution is 7.89. The van der Waals surface area contributed by atoms with Gasteiger partial charge in [0.2, 0.25) is 10.0 Å². The lowest BCUT2D eigenvalue weighted by Gasteiger charge is -2.35. The predicted octanol–water partition coefficient (Wildman–Crippen LogP) is 4.21. The zero-order valence-electron chi connectivity index (χ0n) is 20.7. The number of rotatable bonds is 5. The van der Waals surface area contributed by atoms with Crippen molar-refractivity contribution >= 4 is 15.8 Å². The average Bonchev–Trinajstić information content (AvgIpc) is 2.82. The van der Waals surface area contributed by atoms with Crippen molar-refractivity contribution in [2.24, 2.45) is 0 Å². The van der Waals surface area contributed by atoms with Crippen LogP contribution in [0, 0.1) is 34.6 Å². The molecule has 0 N–H and O–H groups in total. The smallest absolute Gasteiger partial charge is 0.243 e. The standard InChI is InChI=1S/C26H32N4O3S/c1-17-7-8-22(18(2)15-17)23-9-10-25(28-27-23)29-11-13-30(14-12-29)34(31,32)24-16-19(3)26(33-6)21(5)20(24)4/h7-10,15-16H,11-14H2,1-6H3. The number of sulfonamides is 1. The van der Waals surface area contributed by atoms with Gasteiger partial charge in [-0.25, -0.2) is 8.42 Å². The molecule has 1 fully saturated rings. The van der Waals surface area contributed by atoms with Crippen LogP contribution in [-0.2, 0) is 10.0 Å². The second-order valence-corrected chi connectivity index (χ2v) is 10.9. The molecule has 7 nitrogen and oxygen atoms in total. The molecule has 2 aromatic carbocycles. The molecule has 0 aliphatic carbocycles. The summed E-state index contributed by atoms with van der Waals surface area (Å²) in [6.45, 7) is 11.7. The van der Waals surface area contributed by atoms with Crippen LogP contribution in [0.5, 0.6) is 5.75 Å². The van der Waals surface area contributed by atoms with Crippen molar-refractivity contribution < 1.29 is 13.2 Å². The number of nitrogens with zero attached hydrogens (tertiary/aromatic N) is 4. The first kappa shape index (κ1) is 24.2. The third kappa shape index (κ3) is 4.40. The van der Waals surface area contributed by atoms with E-state index < -0.39 is 10.0 Å². The van der Waals surface area contributed by atoms with E-state index in [4.69, 9.17) is 4.74 Å². The number of ether oxygens (including phenoxy) is 1. The highest BCUT2D eigenvalue weighted by Crippen LogP contribution is 2.33. The van der Waals surface area contributed by atoms with Crippen LogP contribution in [0.4, 0.5) is 5.82 Å². The SMILES string of the molecule is COc1c(C)cc(S(=O)(=O)N2CCN(c3ccc(-c4ccc(C)cc4C)nn3)CC2)c(C)c1C. The third-order valence-corrected chi connectivity index (χ3v) is 8.70. The van der Waals surface area contributed by atoms with E-state index in [0.29, 0.717) is 31.1 Å². The number of piperazine rings is 1. The number of aromatic nitrogens is 2. The second kappa shape index (κ2) is 9.35. The number of methoxy groups -OCH3 is 1. The fourth-order valence-electron chi connectivity index (χ4n) is 4.64. The average molecular weight is 481 g/mol. The molecule has 1 saturated heterocycles. The fourth-order valence-corrected chi connectivity index (χ4v) is 6.43. The van der Waals surface area contributed by atoms with Crippen LogP contribution in [0.15, 0.2) is 41.3 Å². The Bertz CT molecular complexity index is 1310. The molecule has 1 aliphatic rings. The van der Waals surface area contributed by atoms with Gasteiger partial charge in [0.25, 0.3) is 0 Å². The van der Waals surface area contributed by atoms with Crippen LogP contribution in [0.1, 0.15) is 27.8 Å². The monoisotopic (exact) mass is 480 g/mol. The molecular formula is C26H32N4O3S. The fraction of sp³-hybridized carbons (Fsp3) is 0.385. The predicted molar refractivity (Wildman–Crippen MR) is 135 cm³/mol. The van der Waals surface area contributed by atoms with E-state index in [9.17, 15) is 8.42 Å². The van der Waals surface area contributed by atoms with Crippen molar-refractivity contribution in [1.29, 1.82) is 0 Å². The molecule has 3 aromatic rings. The summed E-state index contributed by atoms with van der Waals surface area (Å²) >= 11 is 0. The molecule has 34 heavy (non-hydrogen) atoms. The number of benzene rings is 2. The van der Waals surface area contributed by atoms with Gasteiger partial charge in [0, 0.05) is 31.7 Å². The topological polar surface area (TPSA) is 75.6 Å². The van der Waals surface area contributed by atoms with E-state index in [1.807, 2.05) is 32.9 Å². The van der Waals surface area contributed by atoms with Gasteiger partial charge in [0.15, 0.2) is 5.82 Å². The Kier molecular flexibility index (Phi) is 6.64. The second-order valence-electron chi connectivity index (χ2n) is 8.96. The number of hydrogen-bond donors (Lipinski definition) is 0. The third-order valence-electron chi connectivity index (χ3n) is 6.67. The van der Waals surface area contributed by atoms with Crippen molar-refractivity contribution in [2.75, 3.05) is 38.2 Å². The summed E-state index contributed by atoms with van der Waals surface area (Å²) < 4.78 is 33.9. The van der Waals surface area contributed by atoms with Gasteiger partial charge in [0.1, 0.15) is 5.75 Å². The molecule has 0 spiro atoms. The van der Waals surface area contributed by atoms with Crippen molar-refractivity contribution in [3.63, 3.8) is 0 Å². The Labute approximate surface area is 202 Å². The minimum atomic E-state index is -3.60. The Morgan fingerprint density at radius 2 is 1.53 bits per heavy atom. The van der Waals surface area contributed by atoms with Crippen LogP contribution in [0.25, 0.3) is 11.3 Å². The molecule has 180 valence electrons. The molecule has 2 heterocycles. The Balaban J connectivity index is 1.49. The minimum absolute atomic E-state index is 0.356. The Hall–Kier alpha value is -2.97. The highest BCUT2D eigenvalue weighted by atomic mass is 32.2. The van der Waals surface area contributed by atoms with Crippen molar-refractivity contribution in [3.8, 4) is 17.0 Å². The first-order valence-corrected chi connectivity index (χ1v) is 12.9. The summed E-state index contributed by atoms with van der Waals surface area (Å²) in [5, 5.41) is 8.88. The van der Waals surface area contributed by atoms with E-state index in [0.717, 1.165) is 39.5 Å². The van der Waals surface area contributed by atoms with Gasteiger partial charge in [-0.1, -0.05) is 23.8 Å². The van der Waals surface area contributed by atoms with Gasteiger partial charge >= 0.3 is 0 Å². The van der Waals surface area contributed by atoms with Gasteiger partial charge in [0.05, 0.1) is 17.7 Å². The lowest BCUT2D eigenvalue weighted by atomic mass is 10.0. The lowest BCUT2D eigenvalue weighted by molar-refractivity contribution is 0.382. The largest absolute Gasteiger partial charge is 0.496 e. The van der Waals surface area contributed by atoms with E-state index in [2.05, 4.69) is 47.1 Å².